The molecular weight excluding hydrogens is 272 g/mol. The Balaban J connectivity index is 2.38. The summed E-state index contributed by atoms with van der Waals surface area (Å²) < 4.78 is 32.8. The molecule has 0 fully saturated rings. The average Bonchev–Trinajstić information content (AvgIpc) is 2.39. The van der Waals surface area contributed by atoms with Crippen LogP contribution in [0.15, 0.2) is 36.4 Å². The van der Waals surface area contributed by atoms with Gasteiger partial charge in [0, 0.05) is 12.1 Å². The van der Waals surface area contributed by atoms with Gasteiger partial charge in [0.2, 0.25) is 0 Å². The van der Waals surface area contributed by atoms with Crippen molar-refractivity contribution in [1.29, 1.82) is 0 Å². The van der Waals surface area contributed by atoms with Crippen LogP contribution in [-0.4, -0.2) is 7.05 Å². The van der Waals surface area contributed by atoms with Crippen LogP contribution in [0.2, 0.25) is 5.02 Å². The summed E-state index contributed by atoms with van der Waals surface area (Å²) in [4.78, 5) is 0. The fraction of sp³-hybridized carbons (Fsp3) is 0.143. The molecule has 0 saturated heterocycles. The smallest absolute Gasteiger partial charge is 0.184 e. The van der Waals surface area contributed by atoms with E-state index >= 15 is 0 Å². The number of rotatable bonds is 4. The van der Waals surface area contributed by atoms with Crippen LogP contribution < -0.4 is 10.1 Å². The minimum Gasteiger partial charge on any atom is -0.454 e. The van der Waals surface area contributed by atoms with E-state index in [0.717, 1.165) is 0 Å². The van der Waals surface area contributed by atoms with Crippen molar-refractivity contribution in [2.75, 3.05) is 7.05 Å². The summed E-state index contributed by atoms with van der Waals surface area (Å²) in [6, 6.07) is 8.84. The zero-order valence-electron chi connectivity index (χ0n) is 10.2. The predicted octanol–water partition coefficient (Wildman–Crippen LogP) is 4.13. The van der Waals surface area contributed by atoms with Crippen LogP contribution >= 0.6 is 11.6 Å². The van der Waals surface area contributed by atoms with Crippen molar-refractivity contribution >= 4 is 11.6 Å². The van der Waals surface area contributed by atoms with Gasteiger partial charge in [-0.05, 0) is 31.3 Å². The van der Waals surface area contributed by atoms with Crippen LogP contribution in [0.1, 0.15) is 5.56 Å². The van der Waals surface area contributed by atoms with E-state index in [1.54, 1.807) is 19.2 Å². The van der Waals surface area contributed by atoms with Gasteiger partial charge in [0.1, 0.15) is 11.6 Å². The molecule has 0 aliphatic carbocycles. The van der Waals surface area contributed by atoms with Gasteiger partial charge in [-0.1, -0.05) is 23.7 Å². The normalized spacial score (nSPS) is 10.5. The lowest BCUT2D eigenvalue weighted by Gasteiger charge is -2.12. The summed E-state index contributed by atoms with van der Waals surface area (Å²) in [5.74, 6) is -0.843. The lowest BCUT2D eigenvalue weighted by Crippen LogP contribution is -2.08. The number of benzene rings is 2. The summed E-state index contributed by atoms with van der Waals surface area (Å²) in [5.41, 5.74) is 0.337. The molecule has 100 valence electrons. The van der Waals surface area contributed by atoms with Crippen molar-refractivity contribution in [2.45, 2.75) is 6.54 Å². The number of halogens is 3. The molecular formula is C14H12ClF2NO. The minimum absolute atomic E-state index is 0.0320. The van der Waals surface area contributed by atoms with E-state index < -0.39 is 11.6 Å². The zero-order chi connectivity index (χ0) is 13.8. The zero-order valence-corrected chi connectivity index (χ0v) is 11.0. The van der Waals surface area contributed by atoms with E-state index in [1.807, 2.05) is 0 Å². The molecule has 0 aromatic heterocycles. The summed E-state index contributed by atoms with van der Waals surface area (Å²) in [6.45, 7) is 0.282. The van der Waals surface area contributed by atoms with Crippen molar-refractivity contribution in [3.05, 3.63) is 58.6 Å². The molecule has 2 aromatic rings. The molecule has 0 atom stereocenters. The molecule has 0 unspecified atom stereocenters. The largest absolute Gasteiger partial charge is 0.454 e. The van der Waals surface area contributed by atoms with Gasteiger partial charge in [-0.2, -0.15) is 0 Å². The van der Waals surface area contributed by atoms with E-state index in [1.165, 1.54) is 24.3 Å². The summed E-state index contributed by atoms with van der Waals surface area (Å²) in [5, 5.41) is 2.80. The quantitative estimate of drug-likeness (QED) is 0.911. The topological polar surface area (TPSA) is 21.3 Å². The Morgan fingerprint density at radius 3 is 2.53 bits per heavy atom. The fourth-order valence-corrected chi connectivity index (χ4v) is 1.83. The van der Waals surface area contributed by atoms with E-state index in [-0.39, 0.29) is 23.1 Å². The first-order valence-electron chi connectivity index (χ1n) is 5.67. The maximum Gasteiger partial charge on any atom is 0.184 e. The van der Waals surface area contributed by atoms with Gasteiger partial charge in [0.15, 0.2) is 11.6 Å². The number of ether oxygens (including phenoxy) is 1. The Morgan fingerprint density at radius 2 is 1.79 bits per heavy atom. The maximum atomic E-state index is 13.7. The van der Waals surface area contributed by atoms with Crippen LogP contribution in [0.3, 0.4) is 0 Å². The van der Waals surface area contributed by atoms with Crippen LogP contribution in [0.5, 0.6) is 11.5 Å². The van der Waals surface area contributed by atoms with E-state index in [9.17, 15) is 8.78 Å². The third-order valence-corrected chi connectivity index (χ3v) is 2.86. The Kier molecular flexibility index (Phi) is 4.35. The van der Waals surface area contributed by atoms with Gasteiger partial charge >= 0.3 is 0 Å². The average molecular weight is 284 g/mol. The molecule has 0 aliphatic rings. The van der Waals surface area contributed by atoms with Gasteiger partial charge in [0.05, 0.1) is 5.02 Å². The van der Waals surface area contributed by atoms with Crippen molar-refractivity contribution in [2.24, 2.45) is 0 Å². The molecule has 0 heterocycles. The first kappa shape index (κ1) is 13.8. The van der Waals surface area contributed by atoms with E-state index in [2.05, 4.69) is 5.32 Å². The summed E-state index contributed by atoms with van der Waals surface area (Å²) >= 11 is 5.67. The number of hydrogen-bond acceptors (Lipinski definition) is 2. The minimum atomic E-state index is -0.663. The van der Waals surface area contributed by atoms with Crippen LogP contribution in [0.25, 0.3) is 0 Å². The molecule has 2 nitrogen and oxygen atoms in total. The Labute approximate surface area is 115 Å². The molecule has 0 bridgehead atoms. The summed E-state index contributed by atoms with van der Waals surface area (Å²) in [7, 11) is 1.69. The lowest BCUT2D eigenvalue weighted by atomic mass is 10.2. The van der Waals surface area contributed by atoms with Gasteiger partial charge in [-0.15, -0.1) is 0 Å². The molecule has 19 heavy (non-hydrogen) atoms. The Hall–Kier alpha value is -1.65. The van der Waals surface area contributed by atoms with E-state index in [0.29, 0.717) is 5.56 Å². The molecule has 2 aromatic carbocycles. The maximum absolute atomic E-state index is 13.7. The van der Waals surface area contributed by atoms with Crippen molar-refractivity contribution < 1.29 is 13.5 Å². The molecule has 0 aliphatic heterocycles. The monoisotopic (exact) mass is 283 g/mol. The highest BCUT2D eigenvalue weighted by Gasteiger charge is 2.13. The van der Waals surface area contributed by atoms with Crippen LogP contribution in [0, 0.1) is 11.6 Å². The van der Waals surface area contributed by atoms with Gasteiger partial charge in [0.25, 0.3) is 0 Å². The van der Waals surface area contributed by atoms with Gasteiger partial charge < -0.3 is 10.1 Å². The highest BCUT2D eigenvalue weighted by Crippen LogP contribution is 2.31. The number of hydrogen-bond donors (Lipinski definition) is 1. The SMILES string of the molecule is CNCc1c(F)cccc1Oc1cccc(Cl)c1F. The second kappa shape index (κ2) is 5.99. The molecule has 0 radical (unpaired) electrons. The molecule has 1 N–H and O–H groups in total. The molecule has 2 rings (SSSR count). The first-order valence-corrected chi connectivity index (χ1v) is 6.05. The van der Waals surface area contributed by atoms with Gasteiger partial charge in [-0.3, -0.25) is 0 Å². The van der Waals surface area contributed by atoms with Crippen molar-refractivity contribution in [3.8, 4) is 11.5 Å². The second-order valence-electron chi connectivity index (χ2n) is 3.90. The van der Waals surface area contributed by atoms with Gasteiger partial charge in [-0.25, -0.2) is 8.78 Å². The lowest BCUT2D eigenvalue weighted by molar-refractivity contribution is 0.431. The van der Waals surface area contributed by atoms with Crippen molar-refractivity contribution in [3.63, 3.8) is 0 Å². The summed E-state index contributed by atoms with van der Waals surface area (Å²) in [6.07, 6.45) is 0. The third kappa shape index (κ3) is 3.03. The Bertz CT molecular complexity index is 590. The number of nitrogens with one attached hydrogen (secondary N) is 1. The second-order valence-corrected chi connectivity index (χ2v) is 4.31. The van der Waals surface area contributed by atoms with Crippen LogP contribution in [0.4, 0.5) is 8.78 Å². The molecule has 0 amide bonds. The molecule has 0 spiro atoms. The molecule has 5 heteroatoms. The Morgan fingerprint density at radius 1 is 1.11 bits per heavy atom. The van der Waals surface area contributed by atoms with E-state index in [4.69, 9.17) is 16.3 Å². The standard InChI is InChI=1S/C14H12ClF2NO/c1-18-8-9-11(16)5-3-6-12(9)19-13-7-2-4-10(15)14(13)17/h2-7,18H,8H2,1H3. The first-order chi connectivity index (χ1) is 9.13. The van der Waals surface area contributed by atoms with Crippen molar-refractivity contribution in [1.82, 2.24) is 5.32 Å². The highest BCUT2D eigenvalue weighted by molar-refractivity contribution is 6.30. The van der Waals surface area contributed by atoms with Crippen LogP contribution in [-0.2, 0) is 6.54 Å². The fourth-order valence-electron chi connectivity index (χ4n) is 1.66. The molecule has 0 saturated carbocycles. The predicted molar refractivity (Wildman–Crippen MR) is 70.6 cm³/mol. The third-order valence-electron chi connectivity index (χ3n) is 2.57. The highest BCUT2D eigenvalue weighted by atomic mass is 35.5.